The van der Waals surface area contributed by atoms with Crippen molar-refractivity contribution in [1.29, 1.82) is 0 Å². The van der Waals surface area contributed by atoms with E-state index in [0.29, 0.717) is 37.1 Å². The van der Waals surface area contributed by atoms with Crippen LogP contribution in [0.3, 0.4) is 0 Å². The molecule has 7 nitrogen and oxygen atoms in total. The number of ether oxygens (including phenoxy) is 1. The number of nitrogens with zero attached hydrogens (tertiary/aromatic N) is 2. The number of nitrogens with one attached hydrogen (secondary N) is 1. The Morgan fingerprint density at radius 1 is 1.07 bits per heavy atom. The largest absolute Gasteiger partial charge is 0.382 e. The average Bonchev–Trinajstić information content (AvgIpc) is 2.93. The van der Waals surface area contributed by atoms with Gasteiger partial charge in [-0.15, -0.1) is 0 Å². The molecule has 2 heterocycles. The van der Waals surface area contributed by atoms with Gasteiger partial charge >= 0.3 is 0 Å². The topological polar surface area (TPSA) is 80.6 Å². The molecular weight excluding hydrogens is 382 g/mol. The van der Waals surface area contributed by atoms with Gasteiger partial charge in [-0.3, -0.25) is 14.4 Å². The normalized spacial score (nSPS) is 14.5. The molecule has 1 aromatic heterocycles. The summed E-state index contributed by atoms with van der Waals surface area (Å²) in [5, 5.41) is 3.35. The van der Waals surface area contributed by atoms with Crippen LogP contribution < -0.4 is 5.32 Å². The van der Waals surface area contributed by atoms with Crippen LogP contribution in [-0.4, -0.2) is 59.9 Å². The fourth-order valence-corrected chi connectivity index (χ4v) is 3.85. The van der Waals surface area contributed by atoms with Crippen molar-refractivity contribution in [2.45, 2.75) is 45.6 Å². The van der Waals surface area contributed by atoms with E-state index in [4.69, 9.17) is 4.74 Å². The molecule has 0 aliphatic carbocycles. The van der Waals surface area contributed by atoms with Crippen LogP contribution in [-0.2, 0) is 20.9 Å². The minimum Gasteiger partial charge on any atom is -0.382 e. The van der Waals surface area contributed by atoms with Gasteiger partial charge < -0.3 is 19.5 Å². The number of aromatic nitrogens is 1. The number of Topliss-reactive ketones (excluding diaryl/α,β-unsaturated/α-hetero) is 1. The summed E-state index contributed by atoms with van der Waals surface area (Å²) >= 11 is 0. The van der Waals surface area contributed by atoms with E-state index in [-0.39, 0.29) is 12.5 Å². The molecule has 2 amide bonds. The first kappa shape index (κ1) is 22.0. The molecule has 0 saturated carbocycles. The first-order chi connectivity index (χ1) is 14.6. The van der Waals surface area contributed by atoms with Crippen LogP contribution >= 0.6 is 0 Å². The van der Waals surface area contributed by atoms with Gasteiger partial charge in [-0.2, -0.15) is 0 Å². The van der Waals surface area contributed by atoms with Crippen LogP contribution in [0.4, 0.5) is 0 Å². The number of carbonyl (C=O) groups is 3. The molecular formula is C23H31N3O4. The Morgan fingerprint density at radius 2 is 1.80 bits per heavy atom. The zero-order chi connectivity index (χ0) is 21.3. The first-order valence-corrected chi connectivity index (χ1v) is 10.9. The fraction of sp³-hybridized carbons (Fsp3) is 0.522. The van der Waals surface area contributed by atoms with E-state index in [2.05, 4.69) is 5.32 Å². The summed E-state index contributed by atoms with van der Waals surface area (Å²) in [5.74, 6) is -1.16. The van der Waals surface area contributed by atoms with Gasteiger partial charge in [-0.05, 0) is 32.3 Å². The summed E-state index contributed by atoms with van der Waals surface area (Å²) < 4.78 is 7.03. The van der Waals surface area contributed by atoms with Crippen LogP contribution in [0.2, 0.25) is 0 Å². The standard InChI is InChI=1S/C23H31N3O4/c1-2-30-15-9-12-24-23(29)22(28)19-16-26(20-11-6-5-10-18(19)20)17-21(27)25-13-7-3-4-8-14-25/h5-6,10-11,16H,2-4,7-9,12-15,17H2,1H3,(H,24,29). The molecule has 0 bridgehead atoms. The Bertz CT molecular complexity index is 882. The molecule has 0 radical (unpaired) electrons. The van der Waals surface area contributed by atoms with Crippen molar-refractivity contribution in [2.24, 2.45) is 0 Å². The van der Waals surface area contributed by atoms with Crippen molar-refractivity contribution >= 4 is 28.5 Å². The van der Waals surface area contributed by atoms with Crippen LogP contribution in [0.5, 0.6) is 0 Å². The molecule has 1 aliphatic heterocycles. The molecule has 1 saturated heterocycles. The molecule has 2 aromatic rings. The number of fused-ring (bicyclic) bond motifs is 1. The third kappa shape index (κ3) is 5.48. The van der Waals surface area contributed by atoms with Gasteiger partial charge in [0.05, 0.1) is 5.56 Å². The van der Waals surface area contributed by atoms with Crippen molar-refractivity contribution in [3.8, 4) is 0 Å². The Morgan fingerprint density at radius 3 is 2.53 bits per heavy atom. The molecule has 0 spiro atoms. The molecule has 30 heavy (non-hydrogen) atoms. The predicted molar refractivity (Wildman–Crippen MR) is 115 cm³/mol. The highest BCUT2D eigenvalue weighted by Gasteiger charge is 2.23. The van der Waals surface area contributed by atoms with Gasteiger partial charge in [0, 0.05) is 49.9 Å². The lowest BCUT2D eigenvalue weighted by Gasteiger charge is -2.20. The number of rotatable bonds is 9. The summed E-state index contributed by atoms with van der Waals surface area (Å²) in [4.78, 5) is 39.9. The molecule has 3 rings (SSSR count). The first-order valence-electron chi connectivity index (χ1n) is 10.9. The summed E-state index contributed by atoms with van der Waals surface area (Å²) in [6, 6.07) is 7.40. The molecule has 162 valence electrons. The van der Waals surface area contributed by atoms with Gasteiger partial charge in [-0.1, -0.05) is 31.0 Å². The van der Waals surface area contributed by atoms with Crippen molar-refractivity contribution in [1.82, 2.24) is 14.8 Å². The molecule has 0 atom stereocenters. The van der Waals surface area contributed by atoms with Crippen LogP contribution in [0.1, 0.15) is 49.4 Å². The minimum absolute atomic E-state index is 0.0528. The zero-order valence-corrected chi connectivity index (χ0v) is 17.7. The van der Waals surface area contributed by atoms with Crippen molar-refractivity contribution in [2.75, 3.05) is 32.8 Å². The highest BCUT2D eigenvalue weighted by atomic mass is 16.5. The van der Waals surface area contributed by atoms with E-state index in [1.165, 1.54) is 0 Å². The lowest BCUT2D eigenvalue weighted by atomic mass is 10.1. The van der Waals surface area contributed by atoms with Crippen molar-refractivity contribution in [3.63, 3.8) is 0 Å². The Kier molecular flexibility index (Phi) is 8.02. The number of para-hydroxylation sites is 1. The van der Waals surface area contributed by atoms with Gasteiger partial charge in [0.1, 0.15) is 6.54 Å². The number of hydrogen-bond acceptors (Lipinski definition) is 4. The molecule has 1 N–H and O–H groups in total. The summed E-state index contributed by atoms with van der Waals surface area (Å²) in [6.07, 6.45) is 6.68. The quantitative estimate of drug-likeness (QED) is 0.389. The second-order valence-corrected chi connectivity index (χ2v) is 7.62. The zero-order valence-electron chi connectivity index (χ0n) is 17.7. The van der Waals surface area contributed by atoms with E-state index in [9.17, 15) is 14.4 Å². The molecule has 1 fully saturated rings. The highest BCUT2D eigenvalue weighted by molar-refractivity contribution is 6.45. The van der Waals surface area contributed by atoms with Crippen LogP contribution in [0.25, 0.3) is 10.9 Å². The average molecular weight is 414 g/mol. The summed E-state index contributed by atoms with van der Waals surface area (Å²) in [7, 11) is 0. The highest BCUT2D eigenvalue weighted by Crippen LogP contribution is 2.22. The van der Waals surface area contributed by atoms with Gasteiger partial charge in [0.25, 0.3) is 11.7 Å². The van der Waals surface area contributed by atoms with E-state index in [0.717, 1.165) is 44.3 Å². The lowest BCUT2D eigenvalue weighted by molar-refractivity contribution is -0.131. The maximum Gasteiger partial charge on any atom is 0.292 e. The van der Waals surface area contributed by atoms with E-state index in [1.807, 2.05) is 36.1 Å². The van der Waals surface area contributed by atoms with Gasteiger partial charge in [-0.25, -0.2) is 0 Å². The lowest BCUT2D eigenvalue weighted by Crippen LogP contribution is -2.34. The Labute approximate surface area is 177 Å². The monoisotopic (exact) mass is 413 g/mol. The van der Waals surface area contributed by atoms with Crippen molar-refractivity contribution in [3.05, 3.63) is 36.0 Å². The SMILES string of the molecule is CCOCCCNC(=O)C(=O)c1cn(CC(=O)N2CCCCCC2)c2ccccc12. The predicted octanol–water partition coefficient (Wildman–Crippen LogP) is 2.77. The number of amides is 2. The smallest absolute Gasteiger partial charge is 0.292 e. The maximum atomic E-state index is 12.8. The van der Waals surface area contributed by atoms with Crippen molar-refractivity contribution < 1.29 is 19.1 Å². The number of carbonyl (C=O) groups excluding carboxylic acids is 3. The van der Waals surface area contributed by atoms with E-state index in [1.54, 1.807) is 10.8 Å². The van der Waals surface area contributed by atoms with Gasteiger partial charge in [0.2, 0.25) is 5.91 Å². The fourth-order valence-electron chi connectivity index (χ4n) is 3.85. The molecule has 7 heteroatoms. The molecule has 0 unspecified atom stereocenters. The number of hydrogen-bond donors (Lipinski definition) is 1. The van der Waals surface area contributed by atoms with Crippen LogP contribution in [0.15, 0.2) is 30.5 Å². The van der Waals surface area contributed by atoms with Gasteiger partial charge in [0.15, 0.2) is 0 Å². The number of ketones is 1. The summed E-state index contributed by atoms with van der Waals surface area (Å²) in [6.45, 7) is 5.21. The minimum atomic E-state index is -0.631. The van der Waals surface area contributed by atoms with E-state index < -0.39 is 11.7 Å². The molecule has 1 aliphatic rings. The summed E-state index contributed by atoms with van der Waals surface area (Å²) in [5.41, 5.74) is 1.12. The molecule has 1 aromatic carbocycles. The Hall–Kier alpha value is -2.67. The van der Waals surface area contributed by atoms with Crippen LogP contribution in [0, 0.1) is 0 Å². The number of benzene rings is 1. The second-order valence-electron chi connectivity index (χ2n) is 7.62. The number of likely N-dealkylation sites (tertiary alicyclic amines) is 1. The third-order valence-corrected chi connectivity index (χ3v) is 5.46. The second kappa shape index (κ2) is 10.9. The van der Waals surface area contributed by atoms with E-state index >= 15 is 0 Å². The maximum absolute atomic E-state index is 12.8. The Balaban J connectivity index is 1.72. The third-order valence-electron chi connectivity index (χ3n) is 5.46.